The smallest absolute Gasteiger partial charge is 0.210 e. The van der Waals surface area contributed by atoms with Crippen molar-refractivity contribution < 1.29 is 17.9 Å². The van der Waals surface area contributed by atoms with Crippen molar-refractivity contribution in [2.24, 2.45) is 0 Å². The van der Waals surface area contributed by atoms with E-state index in [0.717, 1.165) is 20.1 Å². The highest BCUT2D eigenvalue weighted by molar-refractivity contribution is 9.10. The van der Waals surface area contributed by atoms with Gasteiger partial charge < -0.3 is 9.47 Å². The van der Waals surface area contributed by atoms with Crippen LogP contribution in [0.5, 0.6) is 23.0 Å². The molecule has 0 aliphatic carbocycles. The number of hydrogen-bond acceptors (Lipinski definition) is 4. The number of rotatable bonds is 6. The van der Waals surface area contributed by atoms with Gasteiger partial charge in [-0.25, -0.2) is 8.42 Å². The molecule has 0 fully saturated rings. The van der Waals surface area contributed by atoms with Crippen LogP contribution in [-0.4, -0.2) is 8.42 Å². The van der Waals surface area contributed by atoms with Crippen molar-refractivity contribution in [3.63, 3.8) is 0 Å². The first-order valence-electron chi connectivity index (χ1n) is 10.1. The largest absolute Gasteiger partial charge is 0.457 e. The molecule has 0 unspecified atom stereocenters. The standard InChI is InChI=1S/C26H20Br2O4S/c1-17-14-19(27)16-21(15-17)31-20-10-12-22(13-11-20)33(29,30)26-9-4-3-7-25(26)32-24-8-5-6-23(28)18(24)2/h3-16H,1-2H3. The molecule has 4 rings (SSSR count). The fraction of sp³-hybridized carbons (Fsp3) is 0.0769. The lowest BCUT2D eigenvalue weighted by atomic mass is 10.2. The molecule has 0 atom stereocenters. The second kappa shape index (κ2) is 9.71. The normalized spacial score (nSPS) is 11.3. The van der Waals surface area contributed by atoms with E-state index in [-0.39, 0.29) is 15.5 Å². The Morgan fingerprint density at radius 2 is 1.39 bits per heavy atom. The molecular formula is C26H20Br2O4S. The Labute approximate surface area is 210 Å². The molecule has 0 spiro atoms. The van der Waals surface area contributed by atoms with Crippen LogP contribution in [0.4, 0.5) is 0 Å². The van der Waals surface area contributed by atoms with Gasteiger partial charge in [-0.2, -0.15) is 0 Å². The highest BCUT2D eigenvalue weighted by Gasteiger charge is 2.23. The summed E-state index contributed by atoms with van der Waals surface area (Å²) >= 11 is 6.93. The Morgan fingerprint density at radius 1 is 0.697 bits per heavy atom. The van der Waals surface area contributed by atoms with E-state index in [1.54, 1.807) is 42.5 Å². The van der Waals surface area contributed by atoms with Crippen LogP contribution in [-0.2, 0) is 9.84 Å². The van der Waals surface area contributed by atoms with Gasteiger partial charge in [0.05, 0.1) is 4.90 Å². The van der Waals surface area contributed by atoms with E-state index < -0.39 is 9.84 Å². The maximum Gasteiger partial charge on any atom is 0.210 e. The zero-order valence-corrected chi connectivity index (χ0v) is 21.9. The third-order valence-corrected chi connectivity index (χ3v) is 8.09. The van der Waals surface area contributed by atoms with Crippen LogP contribution < -0.4 is 9.47 Å². The molecule has 33 heavy (non-hydrogen) atoms. The van der Waals surface area contributed by atoms with Crippen LogP contribution in [0.3, 0.4) is 0 Å². The van der Waals surface area contributed by atoms with Crippen LogP contribution >= 0.6 is 31.9 Å². The summed E-state index contributed by atoms with van der Waals surface area (Å²) in [5.41, 5.74) is 1.94. The first-order valence-corrected chi connectivity index (χ1v) is 13.1. The molecule has 7 heteroatoms. The first kappa shape index (κ1) is 23.5. The number of para-hydroxylation sites is 1. The fourth-order valence-corrected chi connectivity index (χ4v) is 5.60. The topological polar surface area (TPSA) is 52.6 Å². The molecule has 0 N–H and O–H groups in total. The lowest BCUT2D eigenvalue weighted by Gasteiger charge is -2.14. The second-order valence-corrected chi connectivity index (χ2v) is 11.1. The van der Waals surface area contributed by atoms with Crippen molar-refractivity contribution >= 4 is 41.7 Å². The van der Waals surface area contributed by atoms with Gasteiger partial charge in [0.15, 0.2) is 0 Å². The molecule has 0 radical (unpaired) electrons. The molecule has 4 aromatic carbocycles. The summed E-state index contributed by atoms with van der Waals surface area (Å²) in [4.78, 5) is 0.253. The van der Waals surface area contributed by atoms with Gasteiger partial charge in [-0.05, 0) is 86.1 Å². The maximum atomic E-state index is 13.4. The van der Waals surface area contributed by atoms with Crippen LogP contribution in [0, 0.1) is 13.8 Å². The third kappa shape index (κ3) is 5.32. The second-order valence-electron chi connectivity index (χ2n) is 7.45. The predicted molar refractivity (Wildman–Crippen MR) is 136 cm³/mol. The predicted octanol–water partition coefficient (Wildman–Crippen LogP) is 8.25. The highest BCUT2D eigenvalue weighted by atomic mass is 79.9. The summed E-state index contributed by atoms with van der Waals surface area (Å²) in [5.74, 6) is 2.06. The first-order chi connectivity index (χ1) is 15.7. The zero-order chi connectivity index (χ0) is 23.6. The van der Waals surface area contributed by atoms with E-state index in [1.165, 1.54) is 12.1 Å². The number of sulfone groups is 1. The lowest BCUT2D eigenvalue weighted by molar-refractivity contribution is 0.463. The van der Waals surface area contributed by atoms with E-state index in [4.69, 9.17) is 9.47 Å². The van der Waals surface area contributed by atoms with Crippen molar-refractivity contribution in [3.8, 4) is 23.0 Å². The van der Waals surface area contributed by atoms with E-state index in [1.807, 2.05) is 44.2 Å². The summed E-state index contributed by atoms with van der Waals surface area (Å²) in [6, 6.07) is 24.3. The summed E-state index contributed by atoms with van der Waals surface area (Å²) < 4.78 is 40.5. The monoisotopic (exact) mass is 586 g/mol. The number of halogens is 2. The minimum Gasteiger partial charge on any atom is -0.457 e. The molecule has 4 nitrogen and oxygen atoms in total. The summed E-state index contributed by atoms with van der Waals surface area (Å²) in [7, 11) is -3.82. The molecule has 0 aliphatic rings. The van der Waals surface area contributed by atoms with E-state index in [0.29, 0.717) is 17.2 Å². The maximum absolute atomic E-state index is 13.4. The Morgan fingerprint density at radius 3 is 2.12 bits per heavy atom. The molecule has 0 amide bonds. The number of hydrogen-bond donors (Lipinski definition) is 0. The molecule has 0 bridgehead atoms. The van der Waals surface area contributed by atoms with Gasteiger partial charge in [0.25, 0.3) is 0 Å². The van der Waals surface area contributed by atoms with Crippen LogP contribution in [0.15, 0.2) is 104 Å². The van der Waals surface area contributed by atoms with Crippen LogP contribution in [0.25, 0.3) is 0 Å². The van der Waals surface area contributed by atoms with Gasteiger partial charge in [-0.3, -0.25) is 0 Å². The van der Waals surface area contributed by atoms with E-state index in [9.17, 15) is 8.42 Å². The van der Waals surface area contributed by atoms with Gasteiger partial charge in [0, 0.05) is 14.5 Å². The SMILES string of the molecule is Cc1cc(Br)cc(Oc2ccc(S(=O)(=O)c3ccccc3Oc3cccc(Br)c3C)cc2)c1. The van der Waals surface area contributed by atoms with E-state index in [2.05, 4.69) is 31.9 Å². The Balaban J connectivity index is 1.63. The Bertz CT molecular complexity index is 1390. The average Bonchev–Trinajstić information content (AvgIpc) is 2.77. The minimum absolute atomic E-state index is 0.0978. The molecule has 0 heterocycles. The molecule has 0 aliphatic heterocycles. The minimum atomic E-state index is -3.82. The molecule has 168 valence electrons. The highest BCUT2D eigenvalue weighted by Crippen LogP contribution is 2.36. The van der Waals surface area contributed by atoms with Crippen molar-refractivity contribution in [2.45, 2.75) is 23.6 Å². The Hall–Kier alpha value is -2.61. The van der Waals surface area contributed by atoms with Gasteiger partial charge in [-0.1, -0.05) is 50.1 Å². The van der Waals surface area contributed by atoms with Gasteiger partial charge >= 0.3 is 0 Å². The summed E-state index contributed by atoms with van der Waals surface area (Å²) in [6.07, 6.45) is 0. The lowest BCUT2D eigenvalue weighted by Crippen LogP contribution is -2.04. The van der Waals surface area contributed by atoms with Crippen molar-refractivity contribution in [2.75, 3.05) is 0 Å². The third-order valence-electron chi connectivity index (χ3n) is 4.96. The van der Waals surface area contributed by atoms with Crippen molar-refractivity contribution in [1.29, 1.82) is 0 Å². The summed E-state index contributed by atoms with van der Waals surface area (Å²) in [6.45, 7) is 3.88. The Kier molecular flexibility index (Phi) is 6.93. The van der Waals surface area contributed by atoms with E-state index >= 15 is 0 Å². The van der Waals surface area contributed by atoms with Crippen LogP contribution in [0.2, 0.25) is 0 Å². The summed E-state index contributed by atoms with van der Waals surface area (Å²) in [5, 5.41) is 0. The molecule has 0 saturated heterocycles. The van der Waals surface area contributed by atoms with Gasteiger partial charge in [0.2, 0.25) is 9.84 Å². The molecule has 4 aromatic rings. The number of benzene rings is 4. The quantitative estimate of drug-likeness (QED) is 0.228. The molecular weight excluding hydrogens is 568 g/mol. The van der Waals surface area contributed by atoms with Crippen molar-refractivity contribution in [3.05, 3.63) is 105 Å². The van der Waals surface area contributed by atoms with Crippen molar-refractivity contribution in [1.82, 2.24) is 0 Å². The average molecular weight is 588 g/mol. The zero-order valence-electron chi connectivity index (χ0n) is 17.9. The number of ether oxygens (including phenoxy) is 2. The molecule has 0 aromatic heterocycles. The van der Waals surface area contributed by atoms with Gasteiger partial charge in [-0.15, -0.1) is 0 Å². The molecule has 0 saturated carbocycles. The van der Waals surface area contributed by atoms with Gasteiger partial charge in [0.1, 0.15) is 27.9 Å². The van der Waals surface area contributed by atoms with Crippen LogP contribution in [0.1, 0.15) is 11.1 Å². The number of aryl methyl sites for hydroxylation is 1. The fourth-order valence-electron chi connectivity index (χ4n) is 3.28.